The fourth-order valence-corrected chi connectivity index (χ4v) is 4.17. The molecule has 1 atom stereocenters. The number of hydrogen-bond donors (Lipinski definition) is 0. The number of morpholine rings is 1. The summed E-state index contributed by atoms with van der Waals surface area (Å²) in [6.45, 7) is 7.07. The average molecular weight is 427 g/mol. The second kappa shape index (κ2) is 10.2. The highest BCUT2D eigenvalue weighted by Gasteiger charge is 2.40. The van der Waals surface area contributed by atoms with Crippen molar-refractivity contribution in [2.24, 2.45) is 0 Å². The molecule has 1 heterocycles. The molecule has 6 heteroatoms. The van der Waals surface area contributed by atoms with Gasteiger partial charge in [0.25, 0.3) is 5.91 Å². The molecule has 2 aromatic rings. The van der Waals surface area contributed by atoms with Crippen LogP contribution in [0.5, 0.6) is 0 Å². The Morgan fingerprint density at radius 1 is 1.00 bits per heavy atom. The van der Waals surface area contributed by atoms with Crippen LogP contribution < -0.4 is 0 Å². The predicted molar refractivity (Wildman–Crippen MR) is 119 cm³/mol. The van der Waals surface area contributed by atoms with Crippen LogP contribution in [-0.4, -0.2) is 66.9 Å². The fourth-order valence-electron chi connectivity index (χ4n) is 4.17. The largest absolute Gasteiger partial charge is 0.378 e. The first-order chi connectivity index (χ1) is 14.9. The van der Waals surface area contributed by atoms with E-state index in [1.54, 1.807) is 17.0 Å². The fraction of sp³-hybridized carbons (Fsp3) is 0.440. The van der Waals surface area contributed by atoms with Crippen molar-refractivity contribution in [1.82, 2.24) is 9.80 Å². The van der Waals surface area contributed by atoms with E-state index in [9.17, 15) is 14.0 Å². The highest BCUT2D eigenvalue weighted by atomic mass is 19.1. The van der Waals surface area contributed by atoms with Crippen molar-refractivity contribution in [1.29, 1.82) is 0 Å². The first-order valence-electron chi connectivity index (χ1n) is 10.9. The van der Waals surface area contributed by atoms with Gasteiger partial charge in [-0.05, 0) is 68.4 Å². The number of hydrogen-bond acceptors (Lipinski definition) is 4. The molecule has 0 bridgehead atoms. The summed E-state index contributed by atoms with van der Waals surface area (Å²) in [6.07, 6.45) is 1.12. The first kappa shape index (κ1) is 23.1. The van der Waals surface area contributed by atoms with E-state index in [1.165, 1.54) is 12.1 Å². The molecule has 1 saturated heterocycles. The number of likely N-dealkylation sites (N-methyl/N-ethyl adjacent to an activating group) is 1. The lowest BCUT2D eigenvalue weighted by molar-refractivity contribution is 0.0303. The molecule has 1 aliphatic heterocycles. The molecule has 5 nitrogen and oxygen atoms in total. The number of ether oxygens (including phenoxy) is 1. The number of carbonyl (C=O) groups excluding carboxylic acids is 2. The predicted octanol–water partition coefficient (Wildman–Crippen LogP) is 3.82. The van der Waals surface area contributed by atoms with Crippen LogP contribution in [0.4, 0.5) is 4.39 Å². The highest BCUT2D eigenvalue weighted by Crippen LogP contribution is 2.29. The second-order valence-electron chi connectivity index (χ2n) is 8.01. The van der Waals surface area contributed by atoms with Crippen LogP contribution in [0.25, 0.3) is 0 Å². The van der Waals surface area contributed by atoms with E-state index in [1.807, 2.05) is 45.2 Å². The Morgan fingerprint density at radius 3 is 2.13 bits per heavy atom. The summed E-state index contributed by atoms with van der Waals surface area (Å²) in [5.74, 6) is -0.375. The van der Waals surface area contributed by atoms with Crippen molar-refractivity contribution in [2.75, 3.05) is 39.9 Å². The summed E-state index contributed by atoms with van der Waals surface area (Å²) in [4.78, 5) is 30.1. The van der Waals surface area contributed by atoms with Crippen molar-refractivity contribution < 1.29 is 18.7 Å². The number of nitrogens with zero attached hydrogens (tertiary/aromatic N) is 2. The second-order valence-corrected chi connectivity index (χ2v) is 8.01. The van der Waals surface area contributed by atoms with Crippen molar-refractivity contribution >= 4 is 11.7 Å². The standard InChI is InChI=1S/C25H31FN2O3/c1-4-25(27(3)5-2,23(29)20-10-12-22(26)13-11-20)18-19-6-8-21(9-7-19)24(30)28-14-16-31-17-15-28/h6-13H,4-5,14-18H2,1-3H3. The van der Waals surface area contributed by atoms with E-state index in [-0.39, 0.29) is 17.5 Å². The lowest BCUT2D eigenvalue weighted by Gasteiger charge is -2.40. The molecule has 3 rings (SSSR count). The summed E-state index contributed by atoms with van der Waals surface area (Å²) >= 11 is 0. The summed E-state index contributed by atoms with van der Waals surface area (Å²) < 4.78 is 18.7. The smallest absolute Gasteiger partial charge is 0.254 e. The number of rotatable bonds is 8. The van der Waals surface area contributed by atoms with E-state index in [4.69, 9.17) is 4.74 Å². The van der Waals surface area contributed by atoms with Gasteiger partial charge in [-0.25, -0.2) is 4.39 Å². The summed E-state index contributed by atoms with van der Waals surface area (Å²) in [5, 5.41) is 0. The lowest BCUT2D eigenvalue weighted by Crippen LogP contribution is -2.54. The van der Waals surface area contributed by atoms with Gasteiger partial charge in [-0.3, -0.25) is 14.5 Å². The van der Waals surface area contributed by atoms with Gasteiger partial charge in [-0.15, -0.1) is 0 Å². The summed E-state index contributed by atoms with van der Waals surface area (Å²) in [6, 6.07) is 13.3. The number of benzene rings is 2. The monoisotopic (exact) mass is 426 g/mol. The summed E-state index contributed by atoms with van der Waals surface area (Å²) in [7, 11) is 1.95. The third-order valence-electron chi connectivity index (χ3n) is 6.31. The van der Waals surface area contributed by atoms with Gasteiger partial charge >= 0.3 is 0 Å². The Hall–Kier alpha value is -2.57. The van der Waals surface area contributed by atoms with Crippen molar-refractivity contribution in [3.8, 4) is 0 Å². The topological polar surface area (TPSA) is 49.9 Å². The SMILES string of the molecule is CCN(C)C(CC)(Cc1ccc(C(=O)N2CCOCC2)cc1)C(=O)c1ccc(F)cc1. The number of halogens is 1. The molecule has 0 radical (unpaired) electrons. The van der Waals surface area contributed by atoms with Crippen LogP contribution in [0.15, 0.2) is 48.5 Å². The van der Waals surface area contributed by atoms with E-state index < -0.39 is 5.54 Å². The maximum Gasteiger partial charge on any atom is 0.254 e. The van der Waals surface area contributed by atoms with Crippen LogP contribution in [-0.2, 0) is 11.2 Å². The normalized spacial score (nSPS) is 16.2. The summed E-state index contributed by atoms with van der Waals surface area (Å²) in [5.41, 5.74) is 1.38. The van der Waals surface area contributed by atoms with Gasteiger partial charge in [0, 0.05) is 24.2 Å². The molecule has 0 aliphatic carbocycles. The molecule has 31 heavy (non-hydrogen) atoms. The molecule has 0 spiro atoms. The van der Waals surface area contributed by atoms with Gasteiger partial charge in [0.05, 0.1) is 18.8 Å². The molecule has 1 fully saturated rings. The third kappa shape index (κ3) is 5.02. The number of Topliss-reactive ketones (excluding diaryl/α,β-unsaturated/α-hetero) is 1. The number of ketones is 1. The molecule has 1 aliphatic rings. The maximum absolute atomic E-state index is 13.6. The maximum atomic E-state index is 13.6. The van der Waals surface area contributed by atoms with Crippen LogP contribution in [0, 0.1) is 5.82 Å². The zero-order chi connectivity index (χ0) is 22.4. The van der Waals surface area contributed by atoms with Gasteiger partial charge in [0.2, 0.25) is 0 Å². The van der Waals surface area contributed by atoms with Crippen LogP contribution >= 0.6 is 0 Å². The number of amides is 1. The van der Waals surface area contributed by atoms with E-state index in [2.05, 4.69) is 4.90 Å². The molecule has 0 saturated carbocycles. The van der Waals surface area contributed by atoms with Gasteiger partial charge in [-0.2, -0.15) is 0 Å². The minimum absolute atomic E-state index is 0.00432. The van der Waals surface area contributed by atoms with Crippen molar-refractivity contribution in [3.63, 3.8) is 0 Å². The molecule has 1 unspecified atom stereocenters. The Labute approximate surface area is 183 Å². The minimum atomic E-state index is -0.748. The van der Waals surface area contributed by atoms with Crippen molar-refractivity contribution in [3.05, 3.63) is 71.0 Å². The zero-order valence-electron chi connectivity index (χ0n) is 18.6. The Balaban J connectivity index is 1.84. The zero-order valence-corrected chi connectivity index (χ0v) is 18.6. The molecule has 0 aromatic heterocycles. The molecule has 1 amide bonds. The van der Waals surface area contributed by atoms with E-state index >= 15 is 0 Å². The van der Waals surface area contributed by atoms with Gasteiger partial charge in [0.15, 0.2) is 5.78 Å². The quantitative estimate of drug-likeness (QED) is 0.602. The van der Waals surface area contributed by atoms with Gasteiger partial charge in [0.1, 0.15) is 5.82 Å². The van der Waals surface area contributed by atoms with Gasteiger partial charge < -0.3 is 9.64 Å². The van der Waals surface area contributed by atoms with Crippen LogP contribution in [0.2, 0.25) is 0 Å². The molecule has 166 valence electrons. The first-order valence-corrected chi connectivity index (χ1v) is 10.9. The number of carbonyl (C=O) groups is 2. The molecule has 0 N–H and O–H groups in total. The lowest BCUT2D eigenvalue weighted by atomic mass is 9.79. The Morgan fingerprint density at radius 2 is 1.58 bits per heavy atom. The van der Waals surface area contributed by atoms with Gasteiger partial charge in [-0.1, -0.05) is 26.0 Å². The van der Waals surface area contributed by atoms with Crippen LogP contribution in [0.3, 0.4) is 0 Å². The van der Waals surface area contributed by atoms with Crippen molar-refractivity contribution in [2.45, 2.75) is 32.2 Å². The molecular weight excluding hydrogens is 395 g/mol. The average Bonchev–Trinajstić information content (AvgIpc) is 2.82. The minimum Gasteiger partial charge on any atom is -0.378 e. The molecule has 2 aromatic carbocycles. The van der Waals surface area contributed by atoms with E-state index in [0.29, 0.717) is 56.8 Å². The third-order valence-corrected chi connectivity index (χ3v) is 6.31. The van der Waals surface area contributed by atoms with Crippen LogP contribution in [0.1, 0.15) is 46.5 Å². The Bertz CT molecular complexity index is 892. The Kier molecular flexibility index (Phi) is 7.57. The van der Waals surface area contributed by atoms with E-state index in [0.717, 1.165) is 5.56 Å². The highest BCUT2D eigenvalue weighted by molar-refractivity contribution is 6.03. The molecular formula is C25H31FN2O3.